The molecule has 0 amide bonds. The van der Waals surface area contributed by atoms with Crippen LogP contribution in [0.1, 0.15) is 5.56 Å². The van der Waals surface area contributed by atoms with E-state index in [-0.39, 0.29) is 17.5 Å². The van der Waals surface area contributed by atoms with Gasteiger partial charge in [0.2, 0.25) is 11.7 Å². The Morgan fingerprint density at radius 1 is 1.26 bits per heavy atom. The van der Waals surface area contributed by atoms with Gasteiger partial charge in [0.1, 0.15) is 0 Å². The van der Waals surface area contributed by atoms with Crippen molar-refractivity contribution in [1.29, 1.82) is 0 Å². The first-order valence-corrected chi connectivity index (χ1v) is 5.17. The number of ether oxygens (including phenoxy) is 1. The zero-order valence-corrected chi connectivity index (χ0v) is 9.55. The van der Waals surface area contributed by atoms with Gasteiger partial charge in [0, 0.05) is 17.8 Å². The standard InChI is InChI=1S/C12H9F2N3O2/c13-8-2-1-3-9(11(8)14)19-10-5-4-7(6-16-10)12(15)17-18/h1-6,18H,(H2,15,17). The number of benzene rings is 1. The Labute approximate surface area is 107 Å². The quantitative estimate of drug-likeness (QED) is 0.386. The second-order valence-corrected chi connectivity index (χ2v) is 3.52. The van der Waals surface area contributed by atoms with E-state index in [1.807, 2.05) is 0 Å². The number of halogens is 2. The maximum absolute atomic E-state index is 13.3. The lowest BCUT2D eigenvalue weighted by Crippen LogP contribution is -2.13. The molecule has 0 bridgehead atoms. The van der Waals surface area contributed by atoms with E-state index in [9.17, 15) is 8.78 Å². The van der Waals surface area contributed by atoms with Crippen LogP contribution in [0.25, 0.3) is 0 Å². The number of nitrogens with two attached hydrogens (primary N) is 1. The van der Waals surface area contributed by atoms with E-state index in [2.05, 4.69) is 10.1 Å². The topological polar surface area (TPSA) is 80.7 Å². The zero-order chi connectivity index (χ0) is 13.8. The van der Waals surface area contributed by atoms with Crippen LogP contribution in [-0.2, 0) is 0 Å². The fourth-order valence-corrected chi connectivity index (χ4v) is 1.33. The van der Waals surface area contributed by atoms with Crippen molar-refractivity contribution in [3.05, 3.63) is 53.7 Å². The molecule has 0 saturated heterocycles. The van der Waals surface area contributed by atoms with Gasteiger partial charge in [-0.2, -0.15) is 4.39 Å². The second kappa shape index (κ2) is 5.30. The molecule has 0 radical (unpaired) electrons. The minimum Gasteiger partial charge on any atom is -0.436 e. The Hall–Kier alpha value is -2.70. The fraction of sp³-hybridized carbons (Fsp3) is 0. The molecule has 0 unspecified atom stereocenters. The highest BCUT2D eigenvalue weighted by Crippen LogP contribution is 2.24. The van der Waals surface area contributed by atoms with Crippen LogP contribution in [0.15, 0.2) is 41.7 Å². The van der Waals surface area contributed by atoms with Gasteiger partial charge in [0.05, 0.1) is 0 Å². The number of nitrogens with zero attached hydrogens (tertiary/aromatic N) is 2. The average molecular weight is 265 g/mol. The van der Waals surface area contributed by atoms with Crippen molar-refractivity contribution in [2.75, 3.05) is 0 Å². The van der Waals surface area contributed by atoms with Gasteiger partial charge in [-0.25, -0.2) is 9.37 Å². The maximum atomic E-state index is 13.3. The molecule has 19 heavy (non-hydrogen) atoms. The number of amidine groups is 1. The van der Waals surface area contributed by atoms with Crippen molar-refractivity contribution in [3.63, 3.8) is 0 Å². The molecule has 2 aromatic rings. The fourth-order valence-electron chi connectivity index (χ4n) is 1.33. The number of hydrogen-bond donors (Lipinski definition) is 2. The largest absolute Gasteiger partial charge is 0.436 e. The summed E-state index contributed by atoms with van der Waals surface area (Å²) in [5.41, 5.74) is 5.72. The average Bonchev–Trinajstić information content (AvgIpc) is 2.44. The number of rotatable bonds is 3. The lowest BCUT2D eigenvalue weighted by Gasteiger charge is -2.06. The van der Waals surface area contributed by atoms with Crippen molar-refractivity contribution in [2.24, 2.45) is 10.9 Å². The highest BCUT2D eigenvalue weighted by Gasteiger charge is 2.10. The highest BCUT2D eigenvalue weighted by atomic mass is 19.2. The third-order valence-corrected chi connectivity index (χ3v) is 2.27. The minimum atomic E-state index is -1.09. The van der Waals surface area contributed by atoms with Crippen LogP contribution in [0.2, 0.25) is 0 Å². The molecule has 0 aliphatic rings. The van der Waals surface area contributed by atoms with E-state index in [1.54, 1.807) is 0 Å². The molecule has 5 nitrogen and oxygen atoms in total. The molecule has 3 N–H and O–H groups in total. The van der Waals surface area contributed by atoms with Crippen LogP contribution >= 0.6 is 0 Å². The molecule has 1 heterocycles. The zero-order valence-electron chi connectivity index (χ0n) is 9.55. The van der Waals surface area contributed by atoms with Crippen molar-refractivity contribution in [3.8, 4) is 11.6 Å². The number of pyridine rings is 1. The maximum Gasteiger partial charge on any atom is 0.219 e. The molecule has 0 aliphatic heterocycles. The first-order valence-electron chi connectivity index (χ1n) is 5.17. The summed E-state index contributed by atoms with van der Waals surface area (Å²) in [5, 5.41) is 11.3. The summed E-state index contributed by atoms with van der Waals surface area (Å²) in [5.74, 6) is -2.44. The third kappa shape index (κ3) is 2.76. The van der Waals surface area contributed by atoms with Gasteiger partial charge in [-0.05, 0) is 18.2 Å². The Balaban J connectivity index is 2.22. The molecular weight excluding hydrogens is 256 g/mol. The van der Waals surface area contributed by atoms with Crippen LogP contribution < -0.4 is 10.5 Å². The van der Waals surface area contributed by atoms with Gasteiger partial charge >= 0.3 is 0 Å². The van der Waals surface area contributed by atoms with E-state index in [1.165, 1.54) is 30.5 Å². The van der Waals surface area contributed by atoms with Gasteiger partial charge in [0.25, 0.3) is 0 Å². The molecular formula is C12H9F2N3O2. The van der Waals surface area contributed by atoms with Crippen molar-refractivity contribution in [2.45, 2.75) is 0 Å². The first-order chi connectivity index (χ1) is 9.11. The van der Waals surface area contributed by atoms with E-state index in [0.29, 0.717) is 5.56 Å². The van der Waals surface area contributed by atoms with Crippen molar-refractivity contribution >= 4 is 5.84 Å². The lowest BCUT2D eigenvalue weighted by atomic mass is 10.2. The van der Waals surface area contributed by atoms with Crippen LogP contribution in [0.4, 0.5) is 8.78 Å². The van der Waals surface area contributed by atoms with Gasteiger partial charge in [-0.1, -0.05) is 11.2 Å². The van der Waals surface area contributed by atoms with Gasteiger partial charge in [-0.15, -0.1) is 0 Å². The van der Waals surface area contributed by atoms with E-state index in [0.717, 1.165) is 6.07 Å². The molecule has 1 aromatic heterocycles. The Morgan fingerprint density at radius 3 is 2.68 bits per heavy atom. The SMILES string of the molecule is NC(=NO)c1ccc(Oc2cccc(F)c2F)nc1. The molecule has 0 aliphatic carbocycles. The van der Waals surface area contributed by atoms with Crippen LogP contribution in [0, 0.1) is 11.6 Å². The predicted molar refractivity (Wildman–Crippen MR) is 63.2 cm³/mol. The van der Waals surface area contributed by atoms with Gasteiger partial charge < -0.3 is 15.7 Å². The van der Waals surface area contributed by atoms with Gasteiger partial charge in [0.15, 0.2) is 17.4 Å². The molecule has 98 valence electrons. The van der Waals surface area contributed by atoms with E-state index in [4.69, 9.17) is 15.7 Å². The van der Waals surface area contributed by atoms with Crippen molar-refractivity contribution in [1.82, 2.24) is 4.98 Å². The third-order valence-electron chi connectivity index (χ3n) is 2.27. The summed E-state index contributed by atoms with van der Waals surface area (Å²) in [6.45, 7) is 0. The smallest absolute Gasteiger partial charge is 0.219 e. The monoisotopic (exact) mass is 265 g/mol. The summed E-state index contributed by atoms with van der Waals surface area (Å²) >= 11 is 0. The Morgan fingerprint density at radius 2 is 2.05 bits per heavy atom. The summed E-state index contributed by atoms with van der Waals surface area (Å²) in [6, 6.07) is 6.43. The minimum absolute atomic E-state index is 0.0546. The summed E-state index contributed by atoms with van der Waals surface area (Å²) in [4.78, 5) is 3.83. The van der Waals surface area contributed by atoms with E-state index < -0.39 is 11.6 Å². The van der Waals surface area contributed by atoms with Crippen LogP contribution in [0.5, 0.6) is 11.6 Å². The van der Waals surface area contributed by atoms with E-state index >= 15 is 0 Å². The number of oxime groups is 1. The summed E-state index contributed by atoms with van der Waals surface area (Å²) in [6.07, 6.45) is 1.28. The molecule has 0 spiro atoms. The second-order valence-electron chi connectivity index (χ2n) is 3.52. The van der Waals surface area contributed by atoms with Crippen LogP contribution in [-0.4, -0.2) is 16.0 Å². The lowest BCUT2D eigenvalue weighted by molar-refractivity contribution is 0.318. The van der Waals surface area contributed by atoms with Crippen molar-refractivity contribution < 1.29 is 18.7 Å². The number of hydrogen-bond acceptors (Lipinski definition) is 4. The van der Waals surface area contributed by atoms with Gasteiger partial charge in [-0.3, -0.25) is 0 Å². The summed E-state index contributed by atoms with van der Waals surface area (Å²) in [7, 11) is 0. The molecule has 2 rings (SSSR count). The molecule has 0 saturated carbocycles. The Bertz CT molecular complexity index is 615. The normalized spacial score (nSPS) is 11.4. The summed E-state index contributed by atoms with van der Waals surface area (Å²) < 4.78 is 31.4. The molecule has 7 heteroatoms. The molecule has 0 fully saturated rings. The predicted octanol–water partition coefficient (Wildman–Crippen LogP) is 2.25. The Kier molecular flexibility index (Phi) is 3.56. The number of aromatic nitrogens is 1. The van der Waals surface area contributed by atoms with Crippen LogP contribution in [0.3, 0.4) is 0 Å². The molecule has 0 atom stereocenters. The first kappa shape index (κ1) is 12.7. The molecule has 1 aromatic carbocycles. The highest BCUT2D eigenvalue weighted by molar-refractivity contribution is 5.96.